The van der Waals surface area contributed by atoms with Crippen LogP contribution < -0.4 is 11.1 Å². The van der Waals surface area contributed by atoms with Crippen LogP contribution >= 0.6 is 0 Å². The molecule has 1 fully saturated rings. The molecule has 1 saturated heterocycles. The molecule has 0 aromatic carbocycles. The van der Waals surface area contributed by atoms with Crippen molar-refractivity contribution in [2.75, 3.05) is 6.54 Å². The van der Waals surface area contributed by atoms with E-state index >= 15 is 0 Å². The van der Waals surface area contributed by atoms with Gasteiger partial charge in [0.25, 0.3) is 0 Å². The normalized spacial score (nSPS) is 22.0. The van der Waals surface area contributed by atoms with Gasteiger partial charge in [0, 0.05) is 19.0 Å². The molecule has 6 nitrogen and oxygen atoms in total. The number of nitrogens with one attached hydrogen (secondary N) is 1. The molecule has 3 amide bonds. The summed E-state index contributed by atoms with van der Waals surface area (Å²) >= 11 is 0. The van der Waals surface area contributed by atoms with Crippen molar-refractivity contribution in [3.8, 4) is 0 Å². The number of hydrogen-bond acceptors (Lipinski definition) is 4. The van der Waals surface area contributed by atoms with E-state index in [1.54, 1.807) is 0 Å². The van der Waals surface area contributed by atoms with E-state index in [1.165, 1.54) is 4.90 Å². The molecule has 0 radical (unpaired) electrons. The molecule has 1 heterocycles. The van der Waals surface area contributed by atoms with E-state index in [1.807, 2.05) is 13.8 Å². The molecule has 0 saturated carbocycles. The summed E-state index contributed by atoms with van der Waals surface area (Å²) in [4.78, 5) is 35.4. The van der Waals surface area contributed by atoms with E-state index in [4.69, 9.17) is 5.73 Å². The van der Waals surface area contributed by atoms with Gasteiger partial charge in [-0.25, -0.2) is 0 Å². The lowest BCUT2D eigenvalue weighted by Gasteiger charge is -2.21. The maximum Gasteiger partial charge on any atom is 0.247 e. The monoisotopic (exact) mass is 241 g/mol. The first-order chi connectivity index (χ1) is 7.97. The largest absolute Gasteiger partial charge is 0.370 e. The van der Waals surface area contributed by atoms with Crippen LogP contribution in [0.1, 0.15) is 33.1 Å². The second-order valence-electron chi connectivity index (χ2n) is 4.29. The summed E-state index contributed by atoms with van der Waals surface area (Å²) in [5, 5.41) is 2.89. The molecule has 6 heteroatoms. The van der Waals surface area contributed by atoms with E-state index in [2.05, 4.69) is 5.32 Å². The van der Waals surface area contributed by atoms with Crippen LogP contribution in [-0.2, 0) is 14.4 Å². The Balaban J connectivity index is 2.52. The summed E-state index contributed by atoms with van der Waals surface area (Å²) in [7, 11) is 0. The average molecular weight is 241 g/mol. The number of likely N-dealkylation sites (tertiary alicyclic amines) is 1. The summed E-state index contributed by atoms with van der Waals surface area (Å²) in [6.45, 7) is 4.11. The minimum atomic E-state index is -0.504. The smallest absolute Gasteiger partial charge is 0.247 e. The van der Waals surface area contributed by atoms with Gasteiger partial charge >= 0.3 is 0 Å². The standard InChI is InChI=1S/C11H19N3O3/c1-3-7(2)14-10(16)6-8(11(14)17)13-5-4-9(12)15/h7-8,13H,3-6H2,1-2H3,(H2,12,15). The van der Waals surface area contributed by atoms with Crippen LogP contribution in [0.4, 0.5) is 0 Å². The van der Waals surface area contributed by atoms with Gasteiger partial charge in [0.05, 0.1) is 12.5 Å². The molecule has 96 valence electrons. The van der Waals surface area contributed by atoms with Crippen LogP contribution in [0, 0.1) is 0 Å². The predicted molar refractivity (Wildman–Crippen MR) is 61.8 cm³/mol. The van der Waals surface area contributed by atoms with E-state index in [0.717, 1.165) is 6.42 Å². The fraction of sp³-hybridized carbons (Fsp3) is 0.727. The first kappa shape index (κ1) is 13.6. The number of primary amides is 1. The lowest BCUT2D eigenvalue weighted by atomic mass is 10.2. The van der Waals surface area contributed by atoms with Gasteiger partial charge in [-0.1, -0.05) is 6.92 Å². The van der Waals surface area contributed by atoms with Crippen molar-refractivity contribution < 1.29 is 14.4 Å². The van der Waals surface area contributed by atoms with Crippen LogP contribution in [0.25, 0.3) is 0 Å². The van der Waals surface area contributed by atoms with E-state index in [0.29, 0.717) is 6.54 Å². The molecule has 1 aliphatic rings. The Labute approximate surface area is 101 Å². The van der Waals surface area contributed by atoms with Crippen molar-refractivity contribution in [2.24, 2.45) is 5.73 Å². The zero-order chi connectivity index (χ0) is 13.0. The molecule has 0 aromatic rings. The summed E-state index contributed by atoms with van der Waals surface area (Å²) in [5.74, 6) is -0.775. The van der Waals surface area contributed by atoms with Gasteiger partial charge in [-0.2, -0.15) is 0 Å². The van der Waals surface area contributed by atoms with Crippen LogP contribution in [0.2, 0.25) is 0 Å². The average Bonchev–Trinajstić information content (AvgIpc) is 2.53. The van der Waals surface area contributed by atoms with Crippen LogP contribution in [-0.4, -0.2) is 41.2 Å². The van der Waals surface area contributed by atoms with Crippen LogP contribution in [0.15, 0.2) is 0 Å². The Kier molecular flexibility index (Phi) is 4.62. The SMILES string of the molecule is CCC(C)N1C(=O)CC(NCCC(N)=O)C1=O. The summed E-state index contributed by atoms with van der Waals surface area (Å²) in [6, 6.07) is -0.575. The van der Waals surface area contributed by atoms with Gasteiger partial charge in [0.15, 0.2) is 0 Å². The zero-order valence-electron chi connectivity index (χ0n) is 10.2. The Morgan fingerprint density at radius 1 is 1.59 bits per heavy atom. The van der Waals surface area contributed by atoms with Crippen molar-refractivity contribution in [2.45, 2.75) is 45.2 Å². The van der Waals surface area contributed by atoms with E-state index < -0.39 is 11.9 Å². The van der Waals surface area contributed by atoms with Crippen molar-refractivity contribution in [1.29, 1.82) is 0 Å². The van der Waals surface area contributed by atoms with Gasteiger partial charge in [0.2, 0.25) is 17.7 Å². The number of imide groups is 1. The number of amides is 3. The first-order valence-corrected chi connectivity index (χ1v) is 5.85. The molecule has 2 unspecified atom stereocenters. The minimum Gasteiger partial charge on any atom is -0.370 e. The second-order valence-corrected chi connectivity index (χ2v) is 4.29. The first-order valence-electron chi connectivity index (χ1n) is 5.85. The number of carbonyl (C=O) groups is 3. The van der Waals surface area contributed by atoms with Crippen molar-refractivity contribution in [3.05, 3.63) is 0 Å². The van der Waals surface area contributed by atoms with Crippen molar-refractivity contribution >= 4 is 17.7 Å². The van der Waals surface area contributed by atoms with Gasteiger partial charge in [-0.15, -0.1) is 0 Å². The maximum absolute atomic E-state index is 11.9. The molecule has 3 N–H and O–H groups in total. The lowest BCUT2D eigenvalue weighted by Crippen LogP contribution is -2.43. The highest BCUT2D eigenvalue weighted by molar-refractivity contribution is 6.05. The third-order valence-corrected chi connectivity index (χ3v) is 2.98. The van der Waals surface area contributed by atoms with E-state index in [-0.39, 0.29) is 30.7 Å². The van der Waals surface area contributed by atoms with Crippen molar-refractivity contribution in [1.82, 2.24) is 10.2 Å². The van der Waals surface area contributed by atoms with Crippen LogP contribution in [0.3, 0.4) is 0 Å². The number of rotatable bonds is 6. The second kappa shape index (κ2) is 5.77. The summed E-state index contributed by atoms with van der Waals surface area (Å²) in [6.07, 6.45) is 1.08. The molecule has 2 atom stereocenters. The molecule has 0 aliphatic carbocycles. The quantitative estimate of drug-likeness (QED) is 0.606. The fourth-order valence-corrected chi connectivity index (χ4v) is 1.83. The fourth-order valence-electron chi connectivity index (χ4n) is 1.83. The topological polar surface area (TPSA) is 92.5 Å². The molecule has 0 spiro atoms. The third-order valence-electron chi connectivity index (χ3n) is 2.98. The van der Waals surface area contributed by atoms with Gasteiger partial charge in [-0.05, 0) is 13.3 Å². The highest BCUT2D eigenvalue weighted by atomic mass is 16.2. The molecule has 0 aromatic heterocycles. The van der Waals surface area contributed by atoms with E-state index in [9.17, 15) is 14.4 Å². The highest BCUT2D eigenvalue weighted by Gasteiger charge is 2.40. The predicted octanol–water partition coefficient (Wildman–Crippen LogP) is -0.623. The third kappa shape index (κ3) is 3.26. The Bertz CT molecular complexity index is 330. The lowest BCUT2D eigenvalue weighted by molar-refractivity contribution is -0.141. The summed E-state index contributed by atoms with van der Waals surface area (Å²) in [5.41, 5.74) is 4.99. The number of nitrogens with zero attached hydrogens (tertiary/aromatic N) is 1. The molecular weight excluding hydrogens is 222 g/mol. The summed E-state index contributed by atoms with van der Waals surface area (Å²) < 4.78 is 0. The molecule has 1 rings (SSSR count). The Morgan fingerprint density at radius 3 is 2.76 bits per heavy atom. The maximum atomic E-state index is 11.9. The molecule has 1 aliphatic heterocycles. The van der Waals surface area contributed by atoms with Crippen LogP contribution in [0.5, 0.6) is 0 Å². The highest BCUT2D eigenvalue weighted by Crippen LogP contribution is 2.17. The number of hydrogen-bond donors (Lipinski definition) is 2. The number of carbonyl (C=O) groups excluding carboxylic acids is 3. The Morgan fingerprint density at radius 2 is 2.24 bits per heavy atom. The number of nitrogens with two attached hydrogens (primary N) is 1. The van der Waals surface area contributed by atoms with Gasteiger partial charge < -0.3 is 11.1 Å². The minimum absolute atomic E-state index is 0.0714. The molecule has 0 bridgehead atoms. The molecular formula is C11H19N3O3. The Hall–Kier alpha value is -1.43. The van der Waals surface area contributed by atoms with Gasteiger partial charge in [-0.3, -0.25) is 19.3 Å². The van der Waals surface area contributed by atoms with Gasteiger partial charge in [0.1, 0.15) is 0 Å². The zero-order valence-corrected chi connectivity index (χ0v) is 10.2. The molecule has 17 heavy (non-hydrogen) atoms. The van der Waals surface area contributed by atoms with Crippen molar-refractivity contribution in [3.63, 3.8) is 0 Å².